The van der Waals surface area contributed by atoms with Gasteiger partial charge < -0.3 is 15.2 Å². The summed E-state index contributed by atoms with van der Waals surface area (Å²) in [5, 5.41) is 16.6. The summed E-state index contributed by atoms with van der Waals surface area (Å²) in [5.41, 5.74) is 3.85. The van der Waals surface area contributed by atoms with Gasteiger partial charge in [0.25, 0.3) is 0 Å². The molecule has 3 rings (SSSR count). The van der Waals surface area contributed by atoms with Crippen LogP contribution in [-0.2, 0) is 13.6 Å². The van der Waals surface area contributed by atoms with Crippen molar-refractivity contribution in [3.63, 3.8) is 0 Å². The fraction of sp³-hybridized carbons (Fsp3) is 0.235. The molecule has 3 aromatic heterocycles. The van der Waals surface area contributed by atoms with E-state index in [-0.39, 0.29) is 13.2 Å². The maximum absolute atomic E-state index is 8.74. The van der Waals surface area contributed by atoms with Crippen LogP contribution in [0.1, 0.15) is 5.56 Å². The lowest BCUT2D eigenvalue weighted by molar-refractivity contribution is 0.196. The first-order valence-electron chi connectivity index (χ1n) is 7.63. The van der Waals surface area contributed by atoms with E-state index in [0.29, 0.717) is 12.4 Å². The van der Waals surface area contributed by atoms with Crippen LogP contribution in [0.4, 0.5) is 5.69 Å². The molecule has 0 saturated heterocycles. The van der Waals surface area contributed by atoms with E-state index in [4.69, 9.17) is 9.84 Å². The number of nitrogens with one attached hydrogen (secondary N) is 1. The number of aromatic nitrogens is 4. The molecule has 0 bridgehead atoms. The number of hydrogen-bond donors (Lipinski definition) is 2. The Bertz CT molecular complexity index is 771. The molecule has 7 heteroatoms. The molecule has 0 unspecified atom stereocenters. The molecule has 3 aromatic rings. The monoisotopic (exact) mass is 325 g/mol. The Morgan fingerprint density at radius 3 is 2.88 bits per heavy atom. The van der Waals surface area contributed by atoms with Crippen LogP contribution in [0.5, 0.6) is 5.88 Å². The summed E-state index contributed by atoms with van der Waals surface area (Å²) in [7, 11) is 1.90. The van der Waals surface area contributed by atoms with E-state index in [0.717, 1.165) is 22.5 Å². The molecular weight excluding hydrogens is 306 g/mol. The molecular formula is C17H19N5O2. The van der Waals surface area contributed by atoms with E-state index in [1.807, 2.05) is 31.4 Å². The average Bonchev–Trinajstić information content (AvgIpc) is 3.00. The molecule has 0 fully saturated rings. The summed E-state index contributed by atoms with van der Waals surface area (Å²) in [5.74, 6) is 0.493. The van der Waals surface area contributed by atoms with Gasteiger partial charge in [0.05, 0.1) is 24.2 Å². The van der Waals surface area contributed by atoms with Crippen LogP contribution in [0.2, 0.25) is 0 Å². The number of aliphatic hydroxyl groups excluding tert-OH is 1. The number of ether oxygens (including phenoxy) is 1. The number of nitrogens with zero attached hydrogens (tertiary/aromatic N) is 4. The van der Waals surface area contributed by atoms with Crippen molar-refractivity contribution in [1.82, 2.24) is 19.7 Å². The average molecular weight is 325 g/mol. The third-order valence-corrected chi connectivity index (χ3v) is 3.40. The van der Waals surface area contributed by atoms with Gasteiger partial charge in [-0.05, 0) is 18.2 Å². The summed E-state index contributed by atoms with van der Waals surface area (Å²) >= 11 is 0. The lowest BCUT2D eigenvalue weighted by Crippen LogP contribution is -2.04. The molecule has 0 amide bonds. The van der Waals surface area contributed by atoms with Crippen LogP contribution in [-0.4, -0.2) is 38.1 Å². The second-order valence-corrected chi connectivity index (χ2v) is 5.23. The predicted octanol–water partition coefficient (Wildman–Crippen LogP) is 1.86. The molecule has 0 saturated carbocycles. The Morgan fingerprint density at radius 2 is 2.17 bits per heavy atom. The van der Waals surface area contributed by atoms with Gasteiger partial charge in [-0.1, -0.05) is 0 Å². The van der Waals surface area contributed by atoms with E-state index < -0.39 is 0 Å². The van der Waals surface area contributed by atoms with E-state index in [1.54, 1.807) is 29.3 Å². The predicted molar refractivity (Wildman–Crippen MR) is 90.6 cm³/mol. The van der Waals surface area contributed by atoms with Gasteiger partial charge in [0, 0.05) is 49.4 Å². The van der Waals surface area contributed by atoms with Crippen molar-refractivity contribution in [2.75, 3.05) is 18.5 Å². The van der Waals surface area contributed by atoms with Crippen molar-refractivity contribution < 1.29 is 9.84 Å². The minimum atomic E-state index is -0.0280. The Labute approximate surface area is 140 Å². The van der Waals surface area contributed by atoms with Crippen LogP contribution in [0.25, 0.3) is 11.3 Å². The standard InChI is InChI=1S/C17H19N5O2/c1-22-12-14(17(21-22)13-3-2-6-18-9-13)10-19-15-4-5-16(20-11-15)24-8-7-23/h2-6,9,11-12,19,23H,7-8,10H2,1H3. The highest BCUT2D eigenvalue weighted by Crippen LogP contribution is 2.22. The van der Waals surface area contributed by atoms with E-state index in [9.17, 15) is 0 Å². The van der Waals surface area contributed by atoms with Crippen molar-refractivity contribution in [3.8, 4) is 17.1 Å². The van der Waals surface area contributed by atoms with E-state index in [1.165, 1.54) is 0 Å². The summed E-state index contributed by atoms with van der Waals surface area (Å²) in [6.07, 6.45) is 7.24. The first-order valence-corrected chi connectivity index (χ1v) is 7.63. The van der Waals surface area contributed by atoms with Crippen molar-refractivity contribution in [2.24, 2.45) is 7.05 Å². The molecule has 124 valence electrons. The largest absolute Gasteiger partial charge is 0.475 e. The number of pyridine rings is 2. The minimum Gasteiger partial charge on any atom is -0.475 e. The van der Waals surface area contributed by atoms with Crippen LogP contribution < -0.4 is 10.1 Å². The Balaban J connectivity index is 1.69. The van der Waals surface area contributed by atoms with Gasteiger partial charge >= 0.3 is 0 Å². The van der Waals surface area contributed by atoms with Crippen molar-refractivity contribution in [3.05, 3.63) is 54.6 Å². The number of hydrogen-bond acceptors (Lipinski definition) is 6. The zero-order chi connectivity index (χ0) is 16.8. The van der Waals surface area contributed by atoms with Crippen LogP contribution >= 0.6 is 0 Å². The van der Waals surface area contributed by atoms with Gasteiger partial charge in [0.1, 0.15) is 6.61 Å². The van der Waals surface area contributed by atoms with Gasteiger partial charge in [0.2, 0.25) is 5.88 Å². The maximum atomic E-state index is 8.74. The third-order valence-electron chi connectivity index (χ3n) is 3.40. The number of anilines is 1. The van der Waals surface area contributed by atoms with Gasteiger partial charge in [-0.2, -0.15) is 5.10 Å². The summed E-state index contributed by atoms with van der Waals surface area (Å²) in [4.78, 5) is 8.34. The molecule has 0 aliphatic carbocycles. The zero-order valence-corrected chi connectivity index (χ0v) is 13.4. The molecule has 0 aliphatic heterocycles. The van der Waals surface area contributed by atoms with Gasteiger partial charge in [-0.15, -0.1) is 0 Å². The second-order valence-electron chi connectivity index (χ2n) is 5.23. The third kappa shape index (κ3) is 3.88. The highest BCUT2D eigenvalue weighted by atomic mass is 16.5. The quantitative estimate of drug-likeness (QED) is 0.690. The maximum Gasteiger partial charge on any atom is 0.213 e. The fourth-order valence-electron chi connectivity index (χ4n) is 2.33. The number of aryl methyl sites for hydroxylation is 1. The van der Waals surface area contributed by atoms with Crippen LogP contribution in [0.3, 0.4) is 0 Å². The first-order chi connectivity index (χ1) is 11.8. The first kappa shape index (κ1) is 15.9. The molecule has 3 heterocycles. The summed E-state index contributed by atoms with van der Waals surface area (Å²) in [6, 6.07) is 7.55. The highest BCUT2D eigenvalue weighted by molar-refractivity contribution is 5.62. The molecule has 0 radical (unpaired) electrons. The fourth-order valence-corrected chi connectivity index (χ4v) is 2.33. The Kier molecular flexibility index (Phi) is 5.02. The van der Waals surface area contributed by atoms with Gasteiger partial charge in [-0.3, -0.25) is 9.67 Å². The number of aliphatic hydroxyl groups is 1. The van der Waals surface area contributed by atoms with E-state index >= 15 is 0 Å². The van der Waals surface area contributed by atoms with E-state index in [2.05, 4.69) is 20.4 Å². The SMILES string of the molecule is Cn1cc(CNc2ccc(OCCO)nc2)c(-c2cccnc2)n1. The Morgan fingerprint density at radius 1 is 1.25 bits per heavy atom. The summed E-state index contributed by atoms with van der Waals surface area (Å²) < 4.78 is 7.04. The second kappa shape index (κ2) is 7.56. The molecule has 0 spiro atoms. The zero-order valence-electron chi connectivity index (χ0n) is 13.4. The molecule has 24 heavy (non-hydrogen) atoms. The topological polar surface area (TPSA) is 85.1 Å². The summed E-state index contributed by atoms with van der Waals surface area (Å²) in [6.45, 7) is 0.834. The number of rotatable bonds is 7. The Hall–Kier alpha value is -2.93. The lowest BCUT2D eigenvalue weighted by atomic mass is 10.1. The molecule has 0 atom stereocenters. The van der Waals surface area contributed by atoms with Crippen molar-refractivity contribution in [1.29, 1.82) is 0 Å². The molecule has 2 N–H and O–H groups in total. The highest BCUT2D eigenvalue weighted by Gasteiger charge is 2.10. The van der Waals surface area contributed by atoms with Crippen LogP contribution in [0.15, 0.2) is 49.1 Å². The molecule has 0 aromatic carbocycles. The van der Waals surface area contributed by atoms with Gasteiger partial charge in [0.15, 0.2) is 0 Å². The molecule has 0 aliphatic rings. The molecule has 7 nitrogen and oxygen atoms in total. The lowest BCUT2D eigenvalue weighted by Gasteiger charge is -2.08. The van der Waals surface area contributed by atoms with Crippen LogP contribution in [0, 0.1) is 0 Å². The van der Waals surface area contributed by atoms with Crippen molar-refractivity contribution >= 4 is 5.69 Å². The van der Waals surface area contributed by atoms with Crippen molar-refractivity contribution in [2.45, 2.75) is 6.54 Å². The minimum absolute atomic E-state index is 0.0280. The normalized spacial score (nSPS) is 10.6. The van der Waals surface area contributed by atoms with Gasteiger partial charge in [-0.25, -0.2) is 4.98 Å². The smallest absolute Gasteiger partial charge is 0.213 e.